The minimum absolute atomic E-state index is 0.222. The molecule has 8 nitrogen and oxygen atoms in total. The second-order valence-corrected chi connectivity index (χ2v) is 8.82. The molecule has 5 heterocycles. The minimum Gasteiger partial charge on any atom is -0.333 e. The van der Waals surface area contributed by atoms with E-state index in [4.69, 9.17) is 4.98 Å². The summed E-state index contributed by atoms with van der Waals surface area (Å²) in [7, 11) is 1.83. The van der Waals surface area contributed by atoms with Crippen LogP contribution in [0.4, 0.5) is 0 Å². The van der Waals surface area contributed by atoms with Crippen LogP contribution < -0.4 is 5.56 Å². The summed E-state index contributed by atoms with van der Waals surface area (Å²) in [5.41, 5.74) is 5.66. The molecule has 1 fully saturated rings. The first kappa shape index (κ1) is 19.9. The Bertz CT molecular complexity index is 1500. The molecule has 1 aliphatic heterocycles. The van der Waals surface area contributed by atoms with Gasteiger partial charge in [0, 0.05) is 36.9 Å². The molecule has 0 spiro atoms. The molecule has 166 valence electrons. The second kappa shape index (κ2) is 7.97. The molecule has 33 heavy (non-hydrogen) atoms. The molecule has 4 aromatic heterocycles. The summed E-state index contributed by atoms with van der Waals surface area (Å²) in [5, 5.41) is 5.01. The smallest absolute Gasteiger partial charge is 0.275 e. The number of hydrogen-bond donors (Lipinski definition) is 2. The summed E-state index contributed by atoms with van der Waals surface area (Å²) >= 11 is 0. The van der Waals surface area contributed by atoms with Crippen LogP contribution >= 0.6 is 0 Å². The Labute approximate surface area is 190 Å². The molecular weight excluding hydrogens is 414 g/mol. The summed E-state index contributed by atoms with van der Waals surface area (Å²) in [6.07, 6.45) is 9.31. The fourth-order valence-corrected chi connectivity index (χ4v) is 4.66. The van der Waals surface area contributed by atoms with Crippen molar-refractivity contribution in [2.75, 3.05) is 13.1 Å². The first-order chi connectivity index (χ1) is 16.1. The van der Waals surface area contributed by atoms with Gasteiger partial charge in [-0.05, 0) is 43.1 Å². The number of likely N-dealkylation sites (tertiary alicyclic amines) is 1. The van der Waals surface area contributed by atoms with E-state index < -0.39 is 0 Å². The predicted molar refractivity (Wildman–Crippen MR) is 129 cm³/mol. The molecule has 1 saturated heterocycles. The van der Waals surface area contributed by atoms with Gasteiger partial charge in [0.2, 0.25) is 0 Å². The van der Waals surface area contributed by atoms with E-state index in [1.165, 1.54) is 37.9 Å². The van der Waals surface area contributed by atoms with E-state index >= 15 is 0 Å². The fourth-order valence-electron chi connectivity index (χ4n) is 4.66. The molecule has 0 bridgehead atoms. The maximum absolute atomic E-state index is 12.7. The first-order valence-corrected chi connectivity index (χ1v) is 11.4. The van der Waals surface area contributed by atoms with Gasteiger partial charge in [0.1, 0.15) is 22.5 Å². The Morgan fingerprint density at radius 1 is 0.970 bits per heavy atom. The van der Waals surface area contributed by atoms with Crippen LogP contribution in [-0.2, 0) is 13.6 Å². The van der Waals surface area contributed by atoms with Gasteiger partial charge < -0.3 is 9.97 Å². The molecule has 0 saturated carbocycles. The maximum Gasteiger partial charge on any atom is 0.275 e. The van der Waals surface area contributed by atoms with Gasteiger partial charge in [0.05, 0.1) is 11.8 Å². The van der Waals surface area contributed by atoms with Gasteiger partial charge >= 0.3 is 0 Å². The molecule has 6 rings (SSSR count). The van der Waals surface area contributed by atoms with Gasteiger partial charge in [-0.25, -0.2) is 9.97 Å². The highest BCUT2D eigenvalue weighted by atomic mass is 16.1. The van der Waals surface area contributed by atoms with Crippen molar-refractivity contribution in [2.24, 2.45) is 7.05 Å². The van der Waals surface area contributed by atoms with Crippen LogP contribution in [0.1, 0.15) is 24.8 Å². The van der Waals surface area contributed by atoms with Crippen molar-refractivity contribution in [1.29, 1.82) is 0 Å². The number of nitrogens with one attached hydrogen (secondary N) is 2. The summed E-state index contributed by atoms with van der Waals surface area (Å²) in [6, 6.07) is 10.8. The lowest BCUT2D eigenvalue weighted by molar-refractivity contribution is 0.221. The van der Waals surface area contributed by atoms with Crippen LogP contribution in [0, 0.1) is 0 Å². The Hall–Kier alpha value is -3.78. The number of H-pyrrole nitrogens is 2. The molecule has 0 unspecified atom stereocenters. The minimum atomic E-state index is -0.222. The van der Waals surface area contributed by atoms with Gasteiger partial charge in [-0.15, -0.1) is 0 Å². The van der Waals surface area contributed by atoms with E-state index in [9.17, 15) is 4.79 Å². The number of rotatable bonds is 4. The zero-order valence-corrected chi connectivity index (χ0v) is 18.5. The van der Waals surface area contributed by atoms with E-state index in [1.54, 1.807) is 10.9 Å². The fraction of sp³-hybridized carbons (Fsp3) is 0.280. The van der Waals surface area contributed by atoms with Crippen molar-refractivity contribution in [2.45, 2.75) is 25.8 Å². The molecule has 0 atom stereocenters. The van der Waals surface area contributed by atoms with Crippen LogP contribution in [0.5, 0.6) is 0 Å². The van der Waals surface area contributed by atoms with Gasteiger partial charge in [-0.1, -0.05) is 30.7 Å². The average Bonchev–Trinajstić information content (AvgIpc) is 3.44. The van der Waals surface area contributed by atoms with Crippen molar-refractivity contribution >= 4 is 22.1 Å². The lowest BCUT2D eigenvalue weighted by Gasteiger charge is -2.26. The number of fused-ring (bicyclic) bond motifs is 3. The standard InChI is InChI=1S/C25H25N7O/c1-31-15-19(13-27-31)23-28-21-20-11-18(12-26-24(20)29-22(21)25(33)30-23)17-7-5-16(6-8-17)14-32-9-3-2-4-10-32/h5-8,11-13,15H,2-4,9-10,14H2,1H3,(H,26,29)(H,28,30,33). The van der Waals surface area contributed by atoms with Gasteiger partial charge in [-0.2, -0.15) is 5.10 Å². The van der Waals surface area contributed by atoms with Crippen molar-refractivity contribution in [1.82, 2.24) is 34.6 Å². The summed E-state index contributed by atoms with van der Waals surface area (Å²) in [5.74, 6) is 0.494. The zero-order valence-electron chi connectivity index (χ0n) is 18.5. The zero-order chi connectivity index (χ0) is 22.4. The Morgan fingerprint density at radius 2 is 1.79 bits per heavy atom. The summed E-state index contributed by atoms with van der Waals surface area (Å²) in [4.78, 5) is 30.5. The molecule has 0 radical (unpaired) electrons. The third-order valence-electron chi connectivity index (χ3n) is 6.43. The number of aromatic amines is 2. The third-order valence-corrected chi connectivity index (χ3v) is 6.43. The van der Waals surface area contributed by atoms with E-state index in [0.717, 1.165) is 28.6 Å². The molecule has 0 amide bonds. The highest BCUT2D eigenvalue weighted by Crippen LogP contribution is 2.28. The van der Waals surface area contributed by atoms with Crippen LogP contribution in [0.25, 0.3) is 44.6 Å². The second-order valence-electron chi connectivity index (χ2n) is 8.82. The number of hydrogen-bond acceptors (Lipinski definition) is 5. The Morgan fingerprint density at radius 3 is 2.55 bits per heavy atom. The number of pyridine rings is 1. The van der Waals surface area contributed by atoms with E-state index in [2.05, 4.69) is 55.3 Å². The van der Waals surface area contributed by atoms with Crippen molar-refractivity contribution < 1.29 is 0 Å². The van der Waals surface area contributed by atoms with Gasteiger partial charge in [0.15, 0.2) is 0 Å². The highest BCUT2D eigenvalue weighted by Gasteiger charge is 2.15. The molecular formula is C25H25N7O. The predicted octanol–water partition coefficient (Wildman–Crippen LogP) is 3.85. The van der Waals surface area contributed by atoms with E-state index in [1.807, 2.05) is 19.4 Å². The number of aryl methyl sites for hydroxylation is 1. The maximum atomic E-state index is 12.7. The van der Waals surface area contributed by atoms with Gasteiger partial charge in [-0.3, -0.25) is 14.4 Å². The molecule has 1 aromatic carbocycles. The first-order valence-electron chi connectivity index (χ1n) is 11.4. The Kier molecular flexibility index (Phi) is 4.80. The largest absolute Gasteiger partial charge is 0.333 e. The summed E-state index contributed by atoms with van der Waals surface area (Å²) in [6.45, 7) is 3.38. The van der Waals surface area contributed by atoms with Gasteiger partial charge in [0.25, 0.3) is 5.56 Å². The lowest BCUT2D eigenvalue weighted by Crippen LogP contribution is -2.28. The number of piperidine rings is 1. The number of aromatic nitrogens is 6. The van der Waals surface area contributed by atoms with Crippen LogP contribution in [0.2, 0.25) is 0 Å². The van der Waals surface area contributed by atoms with E-state index in [-0.39, 0.29) is 5.56 Å². The topological polar surface area (TPSA) is 95.5 Å². The van der Waals surface area contributed by atoms with Crippen molar-refractivity contribution in [3.05, 3.63) is 64.8 Å². The molecule has 1 aliphatic rings. The normalized spacial score (nSPS) is 14.9. The van der Waals surface area contributed by atoms with Crippen molar-refractivity contribution in [3.8, 4) is 22.5 Å². The monoisotopic (exact) mass is 439 g/mol. The van der Waals surface area contributed by atoms with Crippen molar-refractivity contribution in [3.63, 3.8) is 0 Å². The summed E-state index contributed by atoms with van der Waals surface area (Å²) < 4.78 is 1.68. The number of benzene rings is 1. The lowest BCUT2D eigenvalue weighted by atomic mass is 10.0. The van der Waals surface area contributed by atoms with Crippen LogP contribution in [-0.4, -0.2) is 47.7 Å². The molecule has 8 heteroatoms. The van der Waals surface area contributed by atoms with Crippen LogP contribution in [0.15, 0.2) is 53.7 Å². The average molecular weight is 440 g/mol. The van der Waals surface area contributed by atoms with Crippen LogP contribution in [0.3, 0.4) is 0 Å². The number of nitrogens with zero attached hydrogens (tertiary/aromatic N) is 5. The molecule has 0 aliphatic carbocycles. The quantitative estimate of drug-likeness (QED) is 0.443. The van der Waals surface area contributed by atoms with E-state index in [0.29, 0.717) is 22.5 Å². The highest BCUT2D eigenvalue weighted by molar-refractivity contribution is 6.04. The SMILES string of the molecule is Cn1cc(-c2nc3c([nH]c4ncc(-c5ccc(CN6CCCCC6)cc5)cc43)c(=O)[nH]2)cn1. The third kappa shape index (κ3) is 3.72. The Balaban J connectivity index is 1.37. The molecule has 5 aromatic rings. The molecule has 2 N–H and O–H groups in total.